The molecule has 0 bridgehead atoms. The zero-order valence-corrected chi connectivity index (χ0v) is 12.2. The lowest BCUT2D eigenvalue weighted by molar-refractivity contribution is -0.138. The van der Waals surface area contributed by atoms with Crippen LogP contribution in [0.4, 0.5) is 11.4 Å². The number of amides is 3. The number of likely N-dealkylation sites (tertiary alicyclic amines) is 1. The van der Waals surface area contributed by atoms with Crippen LogP contribution in [0.3, 0.4) is 0 Å². The van der Waals surface area contributed by atoms with Gasteiger partial charge in [-0.3, -0.25) is 19.3 Å². The summed E-state index contributed by atoms with van der Waals surface area (Å²) in [6.07, 6.45) is 1.18. The molecule has 7 heteroatoms. The van der Waals surface area contributed by atoms with E-state index in [0.29, 0.717) is 22.8 Å². The Labute approximate surface area is 127 Å². The van der Waals surface area contributed by atoms with Gasteiger partial charge in [0.15, 0.2) is 0 Å². The van der Waals surface area contributed by atoms with Crippen molar-refractivity contribution in [3.63, 3.8) is 0 Å². The second-order valence-electron chi connectivity index (χ2n) is 4.82. The fourth-order valence-electron chi connectivity index (χ4n) is 2.13. The van der Waals surface area contributed by atoms with Gasteiger partial charge < -0.3 is 11.1 Å². The molecule has 1 saturated heterocycles. The predicted octanol–water partition coefficient (Wildman–Crippen LogP) is 1.79. The number of nitrogens with two attached hydrogens (primary N) is 1. The number of halogens is 1. The van der Waals surface area contributed by atoms with Crippen molar-refractivity contribution in [3.8, 4) is 0 Å². The Morgan fingerprint density at radius 3 is 2.57 bits per heavy atom. The molecule has 0 atom stereocenters. The van der Waals surface area contributed by atoms with Gasteiger partial charge in [0.25, 0.3) is 0 Å². The largest absolute Gasteiger partial charge is 0.397 e. The van der Waals surface area contributed by atoms with Gasteiger partial charge in [0.05, 0.1) is 11.4 Å². The van der Waals surface area contributed by atoms with Crippen molar-refractivity contribution in [1.82, 2.24) is 4.90 Å². The summed E-state index contributed by atoms with van der Waals surface area (Å²) in [6, 6.07) is 4.82. The van der Waals surface area contributed by atoms with Gasteiger partial charge in [-0.1, -0.05) is 11.6 Å². The van der Waals surface area contributed by atoms with E-state index < -0.39 is 0 Å². The van der Waals surface area contributed by atoms with Crippen LogP contribution in [0, 0.1) is 0 Å². The van der Waals surface area contributed by atoms with E-state index in [1.54, 1.807) is 18.2 Å². The summed E-state index contributed by atoms with van der Waals surface area (Å²) in [7, 11) is 0. The topological polar surface area (TPSA) is 92.5 Å². The minimum atomic E-state index is -0.219. The van der Waals surface area contributed by atoms with Crippen LogP contribution in [0.15, 0.2) is 18.2 Å². The minimum Gasteiger partial charge on any atom is -0.397 e. The quantitative estimate of drug-likeness (QED) is 0.640. The standard InChI is InChI=1S/C14H16ClN3O3/c15-9-3-4-11(10(16)8-9)17-12(19)2-1-7-18-13(20)5-6-14(18)21/h3-4,8H,1-2,5-7,16H2,(H,17,19). The first-order valence-electron chi connectivity index (χ1n) is 6.65. The average Bonchev–Trinajstić information content (AvgIpc) is 2.74. The van der Waals surface area contributed by atoms with E-state index in [1.807, 2.05) is 0 Å². The molecule has 0 saturated carbocycles. The molecule has 1 fully saturated rings. The second-order valence-corrected chi connectivity index (χ2v) is 5.26. The molecule has 0 unspecified atom stereocenters. The molecular formula is C14H16ClN3O3. The zero-order chi connectivity index (χ0) is 15.4. The molecule has 1 aromatic carbocycles. The van der Waals surface area contributed by atoms with Gasteiger partial charge in [-0.25, -0.2) is 0 Å². The van der Waals surface area contributed by atoms with Crippen LogP contribution in [-0.4, -0.2) is 29.2 Å². The number of carbonyl (C=O) groups excluding carboxylic acids is 3. The number of nitrogens with one attached hydrogen (secondary N) is 1. The maximum absolute atomic E-state index is 11.8. The Balaban J connectivity index is 1.80. The number of nitrogen functional groups attached to an aromatic ring is 1. The zero-order valence-electron chi connectivity index (χ0n) is 11.4. The molecule has 0 aliphatic carbocycles. The Hall–Kier alpha value is -2.08. The first-order valence-corrected chi connectivity index (χ1v) is 7.03. The van der Waals surface area contributed by atoms with E-state index in [4.69, 9.17) is 17.3 Å². The van der Waals surface area contributed by atoms with Gasteiger partial charge >= 0.3 is 0 Å². The van der Waals surface area contributed by atoms with E-state index >= 15 is 0 Å². The maximum Gasteiger partial charge on any atom is 0.229 e. The van der Waals surface area contributed by atoms with Crippen LogP contribution in [0.25, 0.3) is 0 Å². The van der Waals surface area contributed by atoms with E-state index in [9.17, 15) is 14.4 Å². The molecule has 1 aliphatic rings. The van der Waals surface area contributed by atoms with Crippen LogP contribution < -0.4 is 11.1 Å². The number of hydrogen-bond acceptors (Lipinski definition) is 4. The minimum absolute atomic E-state index is 0.164. The highest BCUT2D eigenvalue weighted by Gasteiger charge is 2.28. The monoisotopic (exact) mass is 309 g/mol. The normalized spacial score (nSPS) is 14.6. The average molecular weight is 310 g/mol. The fraction of sp³-hybridized carbons (Fsp3) is 0.357. The highest BCUT2D eigenvalue weighted by Crippen LogP contribution is 2.22. The van der Waals surface area contributed by atoms with E-state index in [-0.39, 0.29) is 43.5 Å². The molecule has 1 aromatic rings. The van der Waals surface area contributed by atoms with Gasteiger partial charge in [-0.15, -0.1) is 0 Å². The number of hydrogen-bond donors (Lipinski definition) is 2. The van der Waals surface area contributed by atoms with Crippen molar-refractivity contribution >= 4 is 40.7 Å². The first-order chi connectivity index (χ1) is 9.97. The van der Waals surface area contributed by atoms with Crippen LogP contribution in [0.1, 0.15) is 25.7 Å². The van der Waals surface area contributed by atoms with Crippen LogP contribution >= 0.6 is 11.6 Å². The van der Waals surface area contributed by atoms with Crippen LogP contribution in [-0.2, 0) is 14.4 Å². The molecule has 1 heterocycles. The van der Waals surface area contributed by atoms with E-state index in [0.717, 1.165) is 0 Å². The number of rotatable bonds is 5. The van der Waals surface area contributed by atoms with Crippen molar-refractivity contribution in [2.45, 2.75) is 25.7 Å². The number of benzene rings is 1. The van der Waals surface area contributed by atoms with Gasteiger partial charge in [0, 0.05) is 30.8 Å². The number of anilines is 2. The van der Waals surface area contributed by atoms with Gasteiger partial charge in [0.1, 0.15) is 0 Å². The third kappa shape index (κ3) is 3.95. The lowest BCUT2D eigenvalue weighted by Gasteiger charge is -2.13. The van der Waals surface area contributed by atoms with Crippen molar-refractivity contribution in [2.24, 2.45) is 0 Å². The summed E-state index contributed by atoms with van der Waals surface area (Å²) in [4.78, 5) is 35.8. The van der Waals surface area contributed by atoms with Crippen LogP contribution in [0.2, 0.25) is 5.02 Å². The Morgan fingerprint density at radius 2 is 1.95 bits per heavy atom. The van der Waals surface area contributed by atoms with Gasteiger partial charge in [-0.2, -0.15) is 0 Å². The number of imide groups is 1. The number of nitrogens with zero attached hydrogens (tertiary/aromatic N) is 1. The molecule has 3 N–H and O–H groups in total. The van der Waals surface area contributed by atoms with Crippen molar-refractivity contribution in [3.05, 3.63) is 23.2 Å². The van der Waals surface area contributed by atoms with Crippen molar-refractivity contribution in [1.29, 1.82) is 0 Å². The summed E-state index contributed by atoms with van der Waals surface area (Å²) in [5.74, 6) is -0.548. The summed E-state index contributed by atoms with van der Waals surface area (Å²) in [6.45, 7) is 0.279. The number of carbonyl (C=O) groups is 3. The molecule has 1 aliphatic heterocycles. The van der Waals surface area contributed by atoms with E-state index in [1.165, 1.54) is 4.90 Å². The van der Waals surface area contributed by atoms with Gasteiger partial charge in [-0.05, 0) is 24.6 Å². The summed E-state index contributed by atoms with van der Waals surface area (Å²) >= 11 is 5.78. The fourth-order valence-corrected chi connectivity index (χ4v) is 2.31. The van der Waals surface area contributed by atoms with E-state index in [2.05, 4.69) is 5.32 Å². The SMILES string of the molecule is Nc1cc(Cl)ccc1NC(=O)CCCN1C(=O)CCC1=O. The second kappa shape index (κ2) is 6.58. The molecule has 6 nitrogen and oxygen atoms in total. The van der Waals surface area contributed by atoms with Gasteiger partial charge in [0.2, 0.25) is 17.7 Å². The molecule has 112 valence electrons. The first kappa shape index (κ1) is 15.3. The molecule has 2 rings (SSSR count). The Kier molecular flexibility index (Phi) is 4.80. The molecule has 0 spiro atoms. The Morgan fingerprint density at radius 1 is 1.29 bits per heavy atom. The maximum atomic E-state index is 11.8. The lowest BCUT2D eigenvalue weighted by atomic mass is 10.2. The van der Waals surface area contributed by atoms with Crippen LogP contribution in [0.5, 0.6) is 0 Å². The summed E-state index contributed by atoms with van der Waals surface area (Å²) in [5, 5.41) is 3.17. The summed E-state index contributed by atoms with van der Waals surface area (Å²) in [5.41, 5.74) is 6.63. The predicted molar refractivity (Wildman–Crippen MR) is 79.7 cm³/mol. The third-order valence-electron chi connectivity index (χ3n) is 3.23. The molecule has 21 heavy (non-hydrogen) atoms. The molecule has 3 amide bonds. The molecular weight excluding hydrogens is 294 g/mol. The summed E-state index contributed by atoms with van der Waals surface area (Å²) < 4.78 is 0. The molecule has 0 aromatic heterocycles. The van der Waals surface area contributed by atoms with Crippen molar-refractivity contribution in [2.75, 3.05) is 17.6 Å². The highest BCUT2D eigenvalue weighted by atomic mass is 35.5. The Bertz CT molecular complexity index is 573. The smallest absolute Gasteiger partial charge is 0.229 e. The highest BCUT2D eigenvalue weighted by molar-refractivity contribution is 6.31. The third-order valence-corrected chi connectivity index (χ3v) is 3.46. The lowest BCUT2D eigenvalue weighted by Crippen LogP contribution is -2.30. The molecule has 0 radical (unpaired) electrons. The van der Waals surface area contributed by atoms with Crippen molar-refractivity contribution < 1.29 is 14.4 Å².